The van der Waals surface area contributed by atoms with Crippen molar-refractivity contribution in [1.82, 2.24) is 14.4 Å². The lowest BCUT2D eigenvalue weighted by atomic mass is 10.1. The molecule has 0 radical (unpaired) electrons. The largest absolute Gasteiger partial charge is 0.507 e. The van der Waals surface area contributed by atoms with Crippen molar-refractivity contribution < 1.29 is 10.2 Å². The van der Waals surface area contributed by atoms with E-state index in [-0.39, 0.29) is 11.6 Å². The van der Waals surface area contributed by atoms with E-state index >= 15 is 0 Å². The van der Waals surface area contributed by atoms with Crippen molar-refractivity contribution in [2.45, 2.75) is 6.92 Å². The highest BCUT2D eigenvalue weighted by atomic mass is 16.3. The molecule has 118 valence electrons. The quantitative estimate of drug-likeness (QED) is 0.590. The number of pyridine rings is 2. The second kappa shape index (κ2) is 5.38. The Balaban J connectivity index is 2.06. The summed E-state index contributed by atoms with van der Waals surface area (Å²) in [6, 6.07) is 14.7. The standard InChI is InChI=1S/C19H15N3O2/c1-12-7-8-16(23)14(11-12)18-21-17(13-5-4-9-20-19(13)24)15-6-2-3-10-22(15)18/h2-11,23H,1H3,(H,20,24). The number of aryl methyl sites for hydroxylation is 1. The molecule has 0 aliphatic heterocycles. The Bertz CT molecular complexity index is 1050. The highest BCUT2D eigenvalue weighted by molar-refractivity contribution is 5.84. The number of hydrogen-bond donors (Lipinski definition) is 2. The fourth-order valence-corrected chi connectivity index (χ4v) is 2.84. The lowest BCUT2D eigenvalue weighted by Crippen LogP contribution is -1.89. The normalized spacial score (nSPS) is 11.0. The van der Waals surface area contributed by atoms with Crippen LogP contribution in [0.3, 0.4) is 0 Å². The first-order valence-corrected chi connectivity index (χ1v) is 7.56. The van der Waals surface area contributed by atoms with E-state index in [2.05, 4.69) is 4.98 Å². The molecule has 0 saturated heterocycles. The van der Waals surface area contributed by atoms with E-state index in [1.807, 2.05) is 47.9 Å². The van der Waals surface area contributed by atoms with Crippen LogP contribution in [-0.4, -0.2) is 24.6 Å². The molecular weight excluding hydrogens is 302 g/mol. The number of fused-ring (bicyclic) bond motifs is 1. The van der Waals surface area contributed by atoms with Gasteiger partial charge in [-0.25, -0.2) is 9.97 Å². The Morgan fingerprint density at radius 3 is 2.67 bits per heavy atom. The summed E-state index contributed by atoms with van der Waals surface area (Å²) in [5.74, 6) is 0.713. The van der Waals surface area contributed by atoms with Gasteiger partial charge in [-0.2, -0.15) is 0 Å². The molecule has 2 N–H and O–H groups in total. The average Bonchev–Trinajstić information content (AvgIpc) is 2.97. The zero-order chi connectivity index (χ0) is 16.7. The lowest BCUT2D eigenvalue weighted by molar-refractivity contribution is 0.455. The van der Waals surface area contributed by atoms with E-state index in [1.165, 1.54) is 6.20 Å². The highest BCUT2D eigenvalue weighted by Gasteiger charge is 2.18. The summed E-state index contributed by atoms with van der Waals surface area (Å²) in [5, 5.41) is 20.4. The fraction of sp³-hybridized carbons (Fsp3) is 0.0526. The molecule has 1 aromatic carbocycles. The summed E-state index contributed by atoms with van der Waals surface area (Å²) >= 11 is 0. The molecule has 0 atom stereocenters. The van der Waals surface area contributed by atoms with E-state index < -0.39 is 0 Å². The maximum atomic E-state index is 10.3. The SMILES string of the molecule is Cc1ccc(O)c(-c2nc(-c3cccnc3O)c3ccccn23)c1. The van der Waals surface area contributed by atoms with Gasteiger partial charge in [0.15, 0.2) is 0 Å². The Morgan fingerprint density at radius 1 is 0.958 bits per heavy atom. The number of hydrogen-bond acceptors (Lipinski definition) is 4. The number of benzene rings is 1. The van der Waals surface area contributed by atoms with Gasteiger partial charge >= 0.3 is 0 Å². The number of phenolic OH excluding ortho intramolecular Hbond substituents is 1. The Labute approximate surface area is 138 Å². The molecule has 0 unspecified atom stereocenters. The maximum absolute atomic E-state index is 10.3. The molecule has 0 aliphatic rings. The van der Waals surface area contributed by atoms with Crippen LogP contribution in [0, 0.1) is 6.92 Å². The van der Waals surface area contributed by atoms with Crippen LogP contribution < -0.4 is 0 Å². The van der Waals surface area contributed by atoms with E-state index in [0.717, 1.165) is 11.1 Å². The van der Waals surface area contributed by atoms with Crippen molar-refractivity contribution in [1.29, 1.82) is 0 Å². The Morgan fingerprint density at radius 2 is 1.83 bits per heavy atom. The summed E-state index contributed by atoms with van der Waals surface area (Å²) in [7, 11) is 0. The van der Waals surface area contributed by atoms with Crippen LogP contribution in [0.1, 0.15) is 5.56 Å². The minimum atomic E-state index is -0.0682. The zero-order valence-corrected chi connectivity index (χ0v) is 13.0. The van der Waals surface area contributed by atoms with Crippen molar-refractivity contribution in [2.75, 3.05) is 0 Å². The molecule has 5 heteroatoms. The van der Waals surface area contributed by atoms with Crippen LogP contribution in [-0.2, 0) is 0 Å². The number of rotatable bonds is 2. The molecule has 3 aromatic heterocycles. The third-order valence-electron chi connectivity index (χ3n) is 3.98. The smallest absolute Gasteiger partial charge is 0.220 e. The molecule has 0 aliphatic carbocycles. The van der Waals surface area contributed by atoms with Gasteiger partial charge in [0.2, 0.25) is 5.88 Å². The van der Waals surface area contributed by atoms with Gasteiger partial charge in [0, 0.05) is 12.4 Å². The lowest BCUT2D eigenvalue weighted by Gasteiger charge is -2.05. The summed E-state index contributed by atoms with van der Waals surface area (Å²) < 4.78 is 1.90. The Hall–Kier alpha value is -3.34. The first kappa shape index (κ1) is 14.3. The summed E-state index contributed by atoms with van der Waals surface area (Å²) in [4.78, 5) is 8.63. The van der Waals surface area contributed by atoms with Crippen molar-refractivity contribution in [2.24, 2.45) is 0 Å². The van der Waals surface area contributed by atoms with E-state index in [9.17, 15) is 10.2 Å². The van der Waals surface area contributed by atoms with Gasteiger partial charge in [0.05, 0.1) is 16.6 Å². The molecule has 4 rings (SSSR count). The molecule has 0 bridgehead atoms. The topological polar surface area (TPSA) is 70.7 Å². The van der Waals surface area contributed by atoms with Gasteiger partial charge in [-0.1, -0.05) is 17.7 Å². The van der Waals surface area contributed by atoms with Gasteiger partial charge < -0.3 is 10.2 Å². The van der Waals surface area contributed by atoms with Crippen molar-refractivity contribution in [3.05, 3.63) is 66.5 Å². The summed E-state index contributed by atoms with van der Waals surface area (Å²) in [6.07, 6.45) is 3.42. The molecule has 0 fully saturated rings. The number of aromatic hydroxyl groups is 2. The second-order valence-electron chi connectivity index (χ2n) is 5.64. The van der Waals surface area contributed by atoms with Crippen LogP contribution in [0.2, 0.25) is 0 Å². The average molecular weight is 317 g/mol. The van der Waals surface area contributed by atoms with Crippen LogP contribution in [0.25, 0.3) is 28.2 Å². The third-order valence-corrected chi connectivity index (χ3v) is 3.98. The Kier molecular flexibility index (Phi) is 3.20. The molecular formula is C19H15N3O2. The molecule has 24 heavy (non-hydrogen) atoms. The predicted octanol–water partition coefficient (Wildman–Crippen LogP) is 3.78. The number of phenols is 1. The third kappa shape index (κ3) is 2.18. The zero-order valence-electron chi connectivity index (χ0n) is 13.0. The van der Waals surface area contributed by atoms with Crippen LogP contribution >= 0.6 is 0 Å². The van der Waals surface area contributed by atoms with Gasteiger partial charge in [0.1, 0.15) is 17.3 Å². The highest BCUT2D eigenvalue weighted by Crippen LogP contribution is 2.36. The minimum absolute atomic E-state index is 0.0682. The van der Waals surface area contributed by atoms with Crippen LogP contribution in [0.4, 0.5) is 0 Å². The molecule has 3 heterocycles. The van der Waals surface area contributed by atoms with Crippen molar-refractivity contribution in [3.8, 4) is 34.3 Å². The summed E-state index contributed by atoms with van der Waals surface area (Å²) in [6.45, 7) is 1.96. The molecule has 5 nitrogen and oxygen atoms in total. The summed E-state index contributed by atoms with van der Waals surface area (Å²) in [5.41, 5.74) is 3.68. The monoisotopic (exact) mass is 317 g/mol. The molecule has 0 spiro atoms. The first-order valence-electron chi connectivity index (χ1n) is 7.56. The van der Waals surface area contributed by atoms with Gasteiger partial charge in [0.25, 0.3) is 0 Å². The molecule has 0 amide bonds. The first-order chi connectivity index (χ1) is 11.6. The predicted molar refractivity (Wildman–Crippen MR) is 91.9 cm³/mol. The number of aromatic nitrogens is 3. The van der Waals surface area contributed by atoms with Crippen LogP contribution in [0.15, 0.2) is 60.9 Å². The van der Waals surface area contributed by atoms with E-state index in [4.69, 9.17) is 4.98 Å². The van der Waals surface area contributed by atoms with Crippen molar-refractivity contribution in [3.63, 3.8) is 0 Å². The number of nitrogens with zero attached hydrogens (tertiary/aromatic N) is 3. The number of imidazole rings is 1. The second-order valence-corrected chi connectivity index (χ2v) is 5.64. The molecule has 4 aromatic rings. The van der Waals surface area contributed by atoms with E-state index in [1.54, 1.807) is 18.2 Å². The maximum Gasteiger partial charge on any atom is 0.220 e. The van der Waals surface area contributed by atoms with Gasteiger partial charge in [-0.05, 0) is 43.3 Å². The van der Waals surface area contributed by atoms with Crippen molar-refractivity contribution >= 4 is 5.52 Å². The van der Waals surface area contributed by atoms with Gasteiger partial charge in [-0.3, -0.25) is 4.40 Å². The van der Waals surface area contributed by atoms with Crippen LogP contribution in [0.5, 0.6) is 11.6 Å². The molecule has 0 saturated carbocycles. The van der Waals surface area contributed by atoms with Gasteiger partial charge in [-0.15, -0.1) is 0 Å². The fourth-order valence-electron chi connectivity index (χ4n) is 2.84. The van der Waals surface area contributed by atoms with E-state index in [0.29, 0.717) is 22.6 Å². The minimum Gasteiger partial charge on any atom is -0.507 e.